The molecule has 0 saturated carbocycles. The van der Waals surface area contributed by atoms with Crippen LogP contribution in [-0.2, 0) is 13.0 Å². The number of benzene rings is 3. The van der Waals surface area contributed by atoms with Gasteiger partial charge in [-0.3, -0.25) is 9.59 Å². The van der Waals surface area contributed by atoms with Crippen molar-refractivity contribution in [2.75, 3.05) is 19.6 Å². The number of carbonyl (C=O) groups excluding carboxylic acids is 2. The van der Waals surface area contributed by atoms with E-state index in [2.05, 4.69) is 10.6 Å². The topological polar surface area (TPSA) is 81.7 Å². The molecule has 3 N–H and O–H groups in total. The monoisotopic (exact) mass is 555 g/mol. The summed E-state index contributed by atoms with van der Waals surface area (Å²) in [4.78, 5) is 27.9. The van der Waals surface area contributed by atoms with Gasteiger partial charge in [0.15, 0.2) is 0 Å². The van der Waals surface area contributed by atoms with Crippen molar-refractivity contribution in [2.45, 2.75) is 51.8 Å². The highest BCUT2D eigenvalue weighted by molar-refractivity contribution is 5.99. The molecule has 3 rings (SSSR count). The first kappa shape index (κ1) is 30.8. The van der Waals surface area contributed by atoms with Crippen LogP contribution in [0.1, 0.15) is 58.5 Å². The third kappa shape index (κ3) is 9.20. The van der Waals surface area contributed by atoms with Crippen molar-refractivity contribution in [3.8, 4) is 0 Å². The molecule has 0 fully saturated rings. The van der Waals surface area contributed by atoms with Crippen molar-refractivity contribution in [1.82, 2.24) is 15.5 Å². The number of nitrogens with one attached hydrogen (secondary N) is 2. The Bertz CT molecular complexity index is 1250. The van der Waals surface area contributed by atoms with Gasteiger partial charge in [-0.25, -0.2) is 13.2 Å². The summed E-state index contributed by atoms with van der Waals surface area (Å²) in [6, 6.07) is 14.9. The van der Waals surface area contributed by atoms with Crippen molar-refractivity contribution in [1.29, 1.82) is 0 Å². The lowest BCUT2D eigenvalue weighted by Gasteiger charge is -2.25. The predicted molar refractivity (Wildman–Crippen MR) is 148 cm³/mol. The Morgan fingerprint density at radius 3 is 2.05 bits per heavy atom. The molecule has 0 aromatic heterocycles. The maximum Gasteiger partial charge on any atom is 0.253 e. The lowest BCUT2D eigenvalue weighted by molar-refractivity contribution is 0.0755. The fourth-order valence-electron chi connectivity index (χ4n) is 4.50. The van der Waals surface area contributed by atoms with E-state index in [1.165, 1.54) is 6.07 Å². The molecular weight excluding hydrogens is 519 g/mol. The van der Waals surface area contributed by atoms with Crippen molar-refractivity contribution in [3.05, 3.63) is 106 Å². The minimum absolute atomic E-state index is 0.0425. The second kappa shape index (κ2) is 15.2. The van der Waals surface area contributed by atoms with Crippen molar-refractivity contribution in [2.24, 2.45) is 0 Å². The number of rotatable bonds is 14. The maximum absolute atomic E-state index is 14.5. The molecule has 0 bridgehead atoms. The first-order chi connectivity index (χ1) is 19.2. The molecule has 2 atom stereocenters. The van der Waals surface area contributed by atoms with Gasteiger partial charge >= 0.3 is 0 Å². The SMILES string of the molecule is CCCN(CCC)C(=O)c1cc(F)cc(C(=O)N[C@@H](Cc2cc(F)cc(F)c2)[C@H](O)CNCc2ccccc2)c1. The van der Waals surface area contributed by atoms with Crippen LogP contribution in [0.5, 0.6) is 0 Å². The molecule has 40 heavy (non-hydrogen) atoms. The predicted octanol–water partition coefficient (Wildman–Crippen LogP) is 4.86. The Balaban J connectivity index is 1.80. The summed E-state index contributed by atoms with van der Waals surface area (Å²) in [6.45, 7) is 5.39. The minimum Gasteiger partial charge on any atom is -0.390 e. The van der Waals surface area contributed by atoms with Crippen molar-refractivity contribution in [3.63, 3.8) is 0 Å². The molecule has 3 aromatic rings. The number of halogens is 3. The molecule has 0 aliphatic rings. The van der Waals surface area contributed by atoms with E-state index in [-0.39, 0.29) is 35.6 Å². The zero-order valence-corrected chi connectivity index (χ0v) is 22.8. The second-order valence-electron chi connectivity index (χ2n) is 9.77. The Kier molecular flexibility index (Phi) is 11.7. The highest BCUT2D eigenvalue weighted by Crippen LogP contribution is 2.16. The number of carbonyl (C=O) groups is 2. The molecule has 0 aliphatic heterocycles. The normalized spacial score (nSPS) is 12.6. The van der Waals surface area contributed by atoms with Crippen molar-refractivity contribution < 1.29 is 27.9 Å². The van der Waals surface area contributed by atoms with E-state index in [1.807, 2.05) is 44.2 Å². The number of hydrogen-bond donors (Lipinski definition) is 3. The fourth-order valence-corrected chi connectivity index (χ4v) is 4.50. The van der Waals surface area contributed by atoms with Crippen LogP contribution in [0.4, 0.5) is 13.2 Å². The third-order valence-electron chi connectivity index (χ3n) is 6.37. The highest BCUT2D eigenvalue weighted by atomic mass is 19.1. The number of aliphatic hydroxyl groups is 1. The van der Waals surface area contributed by atoms with E-state index in [9.17, 15) is 27.9 Å². The van der Waals surface area contributed by atoms with Crippen LogP contribution in [0.3, 0.4) is 0 Å². The van der Waals surface area contributed by atoms with Crippen LogP contribution >= 0.6 is 0 Å². The molecule has 0 spiro atoms. The molecule has 9 heteroatoms. The molecular formula is C31H36F3N3O3. The van der Waals surface area contributed by atoms with E-state index in [0.717, 1.165) is 48.7 Å². The molecule has 0 unspecified atom stereocenters. The smallest absolute Gasteiger partial charge is 0.253 e. The fraction of sp³-hybridized carbons (Fsp3) is 0.355. The van der Waals surface area contributed by atoms with E-state index >= 15 is 0 Å². The van der Waals surface area contributed by atoms with Gasteiger partial charge in [0, 0.05) is 43.4 Å². The van der Waals surface area contributed by atoms with Gasteiger partial charge in [-0.2, -0.15) is 0 Å². The summed E-state index contributed by atoms with van der Waals surface area (Å²) >= 11 is 0. The summed E-state index contributed by atoms with van der Waals surface area (Å²) in [5, 5.41) is 16.8. The first-order valence-corrected chi connectivity index (χ1v) is 13.5. The van der Waals surface area contributed by atoms with Gasteiger partial charge in [-0.1, -0.05) is 44.2 Å². The summed E-state index contributed by atoms with van der Waals surface area (Å²) in [5.74, 6) is -3.43. The van der Waals surface area contributed by atoms with Gasteiger partial charge in [0.25, 0.3) is 11.8 Å². The quantitative estimate of drug-likeness (QED) is 0.266. The van der Waals surface area contributed by atoms with E-state index < -0.39 is 35.5 Å². The molecule has 2 amide bonds. The van der Waals surface area contributed by atoms with Crippen molar-refractivity contribution >= 4 is 11.8 Å². The average molecular weight is 556 g/mol. The standard InChI is InChI=1S/C31H36F3N3O3/c1-3-10-37(11-4-2)31(40)24-15-23(16-27(34)17-24)30(39)36-28(14-22-12-25(32)18-26(33)13-22)29(38)20-35-19-21-8-6-5-7-9-21/h5-9,12-13,15-18,28-29,35,38H,3-4,10-11,14,19-20H2,1-2H3,(H,36,39)/t28-,29+/m0/s1. The third-order valence-corrected chi connectivity index (χ3v) is 6.37. The highest BCUT2D eigenvalue weighted by Gasteiger charge is 2.24. The largest absolute Gasteiger partial charge is 0.390 e. The average Bonchev–Trinajstić information content (AvgIpc) is 2.91. The van der Waals surface area contributed by atoms with Gasteiger partial charge in [-0.05, 0) is 60.7 Å². The van der Waals surface area contributed by atoms with Crippen LogP contribution in [0.2, 0.25) is 0 Å². The summed E-state index contributed by atoms with van der Waals surface area (Å²) in [7, 11) is 0. The molecule has 214 valence electrons. The zero-order chi connectivity index (χ0) is 29.1. The second-order valence-corrected chi connectivity index (χ2v) is 9.77. The van der Waals surface area contributed by atoms with Crippen LogP contribution in [0.15, 0.2) is 66.7 Å². The Hall–Kier alpha value is -3.69. The zero-order valence-electron chi connectivity index (χ0n) is 22.8. The van der Waals surface area contributed by atoms with E-state index in [0.29, 0.717) is 19.6 Å². The Labute approximate surface area is 233 Å². The molecule has 0 saturated heterocycles. The summed E-state index contributed by atoms with van der Waals surface area (Å²) < 4.78 is 42.3. The van der Waals surface area contributed by atoms with E-state index in [4.69, 9.17) is 0 Å². The number of amides is 2. The molecule has 0 radical (unpaired) electrons. The minimum atomic E-state index is -1.15. The lowest BCUT2D eigenvalue weighted by Crippen LogP contribution is -2.48. The van der Waals surface area contributed by atoms with Crippen LogP contribution < -0.4 is 10.6 Å². The molecule has 0 aliphatic carbocycles. The van der Waals surface area contributed by atoms with Gasteiger partial charge < -0.3 is 20.6 Å². The van der Waals surface area contributed by atoms with Gasteiger partial charge in [0.2, 0.25) is 0 Å². The maximum atomic E-state index is 14.5. The number of nitrogens with zero attached hydrogens (tertiary/aromatic N) is 1. The number of aliphatic hydroxyl groups excluding tert-OH is 1. The van der Waals surface area contributed by atoms with Gasteiger partial charge in [-0.15, -0.1) is 0 Å². The molecule has 6 nitrogen and oxygen atoms in total. The number of hydrogen-bond acceptors (Lipinski definition) is 4. The lowest BCUT2D eigenvalue weighted by atomic mass is 9.99. The summed E-state index contributed by atoms with van der Waals surface area (Å²) in [5.41, 5.74) is 1.16. The van der Waals surface area contributed by atoms with E-state index in [1.54, 1.807) is 4.90 Å². The summed E-state index contributed by atoms with van der Waals surface area (Å²) in [6.07, 6.45) is 0.217. The Morgan fingerprint density at radius 2 is 1.43 bits per heavy atom. The Morgan fingerprint density at radius 1 is 0.825 bits per heavy atom. The van der Waals surface area contributed by atoms with Crippen LogP contribution in [-0.4, -0.2) is 53.6 Å². The molecule has 0 heterocycles. The van der Waals surface area contributed by atoms with Gasteiger partial charge in [0.1, 0.15) is 17.5 Å². The molecule has 3 aromatic carbocycles. The van der Waals surface area contributed by atoms with Gasteiger partial charge in [0.05, 0.1) is 12.1 Å². The van der Waals surface area contributed by atoms with Crippen LogP contribution in [0, 0.1) is 17.5 Å². The van der Waals surface area contributed by atoms with Crippen LogP contribution in [0.25, 0.3) is 0 Å². The first-order valence-electron chi connectivity index (χ1n) is 13.5.